The molecule has 0 bridgehead atoms. The summed E-state index contributed by atoms with van der Waals surface area (Å²) in [5.41, 5.74) is 2.23. The normalized spacial score (nSPS) is 11.6. The van der Waals surface area contributed by atoms with Gasteiger partial charge >= 0.3 is 5.97 Å². The number of fused-ring (bicyclic) bond motifs is 1. The maximum Gasteiger partial charge on any atom is 0.365 e. The fraction of sp³-hybridized carbons (Fsp3) is 0.292. The smallest absolute Gasteiger partial charge is 0.350 e. The molecule has 5 nitrogen and oxygen atoms in total. The Kier molecular flexibility index (Phi) is 6.95. The fourth-order valence-electron chi connectivity index (χ4n) is 3.32. The second-order valence-corrected chi connectivity index (χ2v) is 7.09. The standard InChI is InChI=1S/C24H26N2O3/c1-3-4-5-9-15-21(25-29-24(28)18-12-7-6-8-13-18)23(27)20-17-26(2)22-16-11-10-14-19(20)22/h6-8,10-14,16-17H,3-5,9,15H2,1-2H3/b25-21+. The molecule has 0 saturated carbocycles. The Morgan fingerprint density at radius 2 is 1.69 bits per heavy atom. The molecule has 0 aliphatic carbocycles. The molecule has 29 heavy (non-hydrogen) atoms. The molecule has 0 spiro atoms. The van der Waals surface area contributed by atoms with Crippen LogP contribution in [0.2, 0.25) is 0 Å². The van der Waals surface area contributed by atoms with Crippen LogP contribution >= 0.6 is 0 Å². The van der Waals surface area contributed by atoms with Gasteiger partial charge in [0.15, 0.2) is 0 Å². The van der Waals surface area contributed by atoms with Gasteiger partial charge in [-0.2, -0.15) is 0 Å². The lowest BCUT2D eigenvalue weighted by Gasteiger charge is -2.05. The minimum Gasteiger partial charge on any atom is -0.350 e. The van der Waals surface area contributed by atoms with Gasteiger partial charge in [0.1, 0.15) is 5.71 Å². The number of unbranched alkanes of at least 4 members (excludes halogenated alkanes) is 3. The number of hydrogen-bond donors (Lipinski definition) is 0. The van der Waals surface area contributed by atoms with Gasteiger partial charge in [0.25, 0.3) is 0 Å². The molecule has 5 heteroatoms. The Hall–Kier alpha value is -3.21. The molecule has 3 rings (SSSR count). The predicted octanol–water partition coefficient (Wildman–Crippen LogP) is 5.54. The first-order valence-electron chi connectivity index (χ1n) is 10.0. The first-order valence-corrected chi connectivity index (χ1v) is 10.0. The number of aromatic nitrogens is 1. The number of carbonyl (C=O) groups is 2. The maximum absolute atomic E-state index is 13.2. The first-order chi connectivity index (χ1) is 14.1. The van der Waals surface area contributed by atoms with Gasteiger partial charge in [-0.3, -0.25) is 4.79 Å². The van der Waals surface area contributed by atoms with Crippen LogP contribution in [0, 0.1) is 0 Å². The van der Waals surface area contributed by atoms with Crippen molar-refractivity contribution >= 4 is 28.4 Å². The molecule has 0 amide bonds. The summed E-state index contributed by atoms with van der Waals surface area (Å²) in [6, 6.07) is 16.4. The molecule has 1 aromatic heterocycles. The van der Waals surface area contributed by atoms with Gasteiger partial charge in [-0.05, 0) is 31.0 Å². The topological polar surface area (TPSA) is 60.7 Å². The third-order valence-corrected chi connectivity index (χ3v) is 4.92. The fourth-order valence-corrected chi connectivity index (χ4v) is 3.32. The molecular weight excluding hydrogens is 364 g/mol. The average molecular weight is 390 g/mol. The first kappa shape index (κ1) is 20.5. The molecule has 3 aromatic rings. The van der Waals surface area contributed by atoms with Crippen LogP contribution in [0.15, 0.2) is 65.9 Å². The molecule has 0 saturated heterocycles. The van der Waals surface area contributed by atoms with E-state index in [1.807, 2.05) is 48.1 Å². The van der Waals surface area contributed by atoms with Gasteiger partial charge < -0.3 is 9.40 Å². The van der Waals surface area contributed by atoms with Gasteiger partial charge in [0.05, 0.1) is 5.56 Å². The van der Waals surface area contributed by atoms with E-state index < -0.39 is 5.97 Å². The van der Waals surface area contributed by atoms with E-state index in [1.165, 1.54) is 0 Å². The molecule has 2 aromatic carbocycles. The summed E-state index contributed by atoms with van der Waals surface area (Å²) in [6.45, 7) is 2.14. The summed E-state index contributed by atoms with van der Waals surface area (Å²) in [7, 11) is 1.91. The van der Waals surface area contributed by atoms with Crippen LogP contribution in [0.5, 0.6) is 0 Å². The summed E-state index contributed by atoms with van der Waals surface area (Å²) < 4.78 is 1.92. The number of nitrogens with zero attached hydrogens (tertiary/aromatic N) is 2. The third kappa shape index (κ3) is 4.99. The van der Waals surface area contributed by atoms with E-state index in [4.69, 9.17) is 4.84 Å². The van der Waals surface area contributed by atoms with Gasteiger partial charge in [-0.25, -0.2) is 4.79 Å². The Labute approximate surface area is 171 Å². The van der Waals surface area contributed by atoms with Crippen molar-refractivity contribution in [3.63, 3.8) is 0 Å². The lowest BCUT2D eigenvalue weighted by atomic mass is 10.0. The Bertz CT molecular complexity index is 1020. The largest absolute Gasteiger partial charge is 0.365 e. The van der Waals surface area contributed by atoms with E-state index in [9.17, 15) is 9.59 Å². The zero-order valence-electron chi connectivity index (χ0n) is 16.9. The van der Waals surface area contributed by atoms with E-state index in [0.717, 1.165) is 36.6 Å². The van der Waals surface area contributed by atoms with Crippen LogP contribution in [0.25, 0.3) is 10.9 Å². The van der Waals surface area contributed by atoms with Crippen LogP contribution in [0.1, 0.15) is 59.7 Å². The van der Waals surface area contributed by atoms with Gasteiger partial charge in [0, 0.05) is 29.7 Å². The number of para-hydroxylation sites is 1. The molecule has 0 N–H and O–H groups in total. The van der Waals surface area contributed by atoms with Crippen molar-refractivity contribution in [1.29, 1.82) is 0 Å². The SMILES string of the molecule is CCCCCC/C(=N\OC(=O)c1ccccc1)C(=O)c1cn(C)c2ccccc12. The summed E-state index contributed by atoms with van der Waals surface area (Å²) in [5.74, 6) is -0.762. The molecule has 1 heterocycles. The van der Waals surface area contributed by atoms with Crippen molar-refractivity contribution < 1.29 is 14.4 Å². The number of rotatable bonds is 9. The molecule has 150 valence electrons. The van der Waals surface area contributed by atoms with E-state index in [2.05, 4.69) is 12.1 Å². The second kappa shape index (κ2) is 9.82. The molecule has 0 fully saturated rings. The Morgan fingerprint density at radius 1 is 0.966 bits per heavy atom. The summed E-state index contributed by atoms with van der Waals surface area (Å²) in [5, 5.41) is 4.87. The van der Waals surface area contributed by atoms with E-state index in [-0.39, 0.29) is 11.5 Å². The zero-order valence-corrected chi connectivity index (χ0v) is 16.9. The van der Waals surface area contributed by atoms with E-state index in [0.29, 0.717) is 17.5 Å². The van der Waals surface area contributed by atoms with Crippen molar-refractivity contribution in [2.45, 2.75) is 39.0 Å². The quantitative estimate of drug-likeness (QED) is 0.158. The van der Waals surface area contributed by atoms with Crippen molar-refractivity contribution in [1.82, 2.24) is 4.57 Å². The summed E-state index contributed by atoms with van der Waals surface area (Å²) in [4.78, 5) is 30.6. The van der Waals surface area contributed by atoms with Crippen molar-refractivity contribution in [3.05, 3.63) is 71.9 Å². The molecule has 0 aliphatic rings. The number of benzene rings is 2. The number of hydrogen-bond acceptors (Lipinski definition) is 4. The van der Waals surface area contributed by atoms with E-state index >= 15 is 0 Å². The van der Waals surface area contributed by atoms with Gasteiger partial charge in [-0.1, -0.05) is 67.7 Å². The van der Waals surface area contributed by atoms with Crippen molar-refractivity contribution in [2.75, 3.05) is 0 Å². The number of oxime groups is 1. The van der Waals surface area contributed by atoms with Crippen LogP contribution in [0.4, 0.5) is 0 Å². The molecule has 0 atom stereocenters. The monoisotopic (exact) mass is 390 g/mol. The lowest BCUT2D eigenvalue weighted by Crippen LogP contribution is -2.16. The maximum atomic E-state index is 13.2. The Morgan fingerprint density at radius 3 is 2.45 bits per heavy atom. The number of aryl methyl sites for hydroxylation is 1. The molecular formula is C24H26N2O3. The van der Waals surface area contributed by atoms with Crippen LogP contribution < -0.4 is 0 Å². The number of carbonyl (C=O) groups excluding carboxylic acids is 2. The minimum atomic E-state index is -0.567. The molecule has 0 aliphatic heterocycles. The van der Waals surface area contributed by atoms with Crippen molar-refractivity contribution in [3.8, 4) is 0 Å². The number of ketones is 1. The Balaban J connectivity index is 1.85. The second-order valence-electron chi connectivity index (χ2n) is 7.09. The highest BCUT2D eigenvalue weighted by atomic mass is 16.7. The summed E-state index contributed by atoms with van der Waals surface area (Å²) >= 11 is 0. The minimum absolute atomic E-state index is 0.195. The molecule has 0 unspecified atom stereocenters. The highest BCUT2D eigenvalue weighted by Gasteiger charge is 2.20. The third-order valence-electron chi connectivity index (χ3n) is 4.92. The highest BCUT2D eigenvalue weighted by molar-refractivity contribution is 6.47. The van der Waals surface area contributed by atoms with Gasteiger partial charge in [-0.15, -0.1) is 0 Å². The van der Waals surface area contributed by atoms with Gasteiger partial charge in [0.2, 0.25) is 5.78 Å². The highest BCUT2D eigenvalue weighted by Crippen LogP contribution is 2.22. The predicted molar refractivity (Wildman–Crippen MR) is 115 cm³/mol. The van der Waals surface area contributed by atoms with Crippen LogP contribution in [0.3, 0.4) is 0 Å². The summed E-state index contributed by atoms with van der Waals surface area (Å²) in [6.07, 6.45) is 6.32. The average Bonchev–Trinajstić information content (AvgIpc) is 3.10. The number of Topliss-reactive ketones (excluding diaryl/α,β-unsaturated/α-hetero) is 1. The van der Waals surface area contributed by atoms with Crippen molar-refractivity contribution in [2.24, 2.45) is 12.2 Å². The zero-order chi connectivity index (χ0) is 20.6. The van der Waals surface area contributed by atoms with E-state index in [1.54, 1.807) is 24.3 Å². The molecule has 0 radical (unpaired) electrons. The van der Waals surface area contributed by atoms with Crippen LogP contribution in [-0.4, -0.2) is 22.0 Å². The van der Waals surface area contributed by atoms with Crippen LogP contribution in [-0.2, 0) is 11.9 Å². The lowest BCUT2D eigenvalue weighted by molar-refractivity contribution is 0.0514.